The minimum absolute atomic E-state index is 0. The number of hydrogen-bond donors (Lipinski definition) is 0. The quantitative estimate of drug-likeness (QED) is 0.302. The Labute approximate surface area is 48.7 Å². The molecule has 2 nitrogen and oxygen atoms in total. The van der Waals surface area contributed by atoms with Crippen molar-refractivity contribution in [2.75, 3.05) is 0 Å². The predicted octanol–water partition coefficient (Wildman–Crippen LogP) is -2.51. The molecule has 0 rings (SSSR count). The van der Waals surface area contributed by atoms with E-state index in [2.05, 4.69) is 0 Å². The second-order valence-corrected chi connectivity index (χ2v) is 0. The average Bonchev–Trinajstić information content (AvgIpc) is 1.00. The fourth-order valence-corrected chi connectivity index (χ4v) is 0. The van der Waals surface area contributed by atoms with Gasteiger partial charge in [-0.25, -0.2) is 0 Å². The summed E-state index contributed by atoms with van der Waals surface area (Å²) in [4.78, 5) is 0. The molecule has 0 fully saturated rings. The van der Waals surface area contributed by atoms with Crippen molar-refractivity contribution in [1.82, 2.24) is 0 Å². The molecule has 0 atom stereocenters. The van der Waals surface area contributed by atoms with Crippen LogP contribution in [0.25, 0.3) is 0 Å². The van der Waals surface area contributed by atoms with Gasteiger partial charge in [0.2, 0.25) is 0 Å². The van der Waals surface area contributed by atoms with E-state index in [0.29, 0.717) is 16.2 Å². The first-order valence-corrected chi connectivity index (χ1v) is 0.866. The molecule has 2 N–H and O–H groups in total. The van der Waals surface area contributed by atoms with Crippen LogP contribution in [0.5, 0.6) is 0 Å². The molecule has 4 heavy (non-hydrogen) atoms. The second-order valence-electron chi connectivity index (χ2n) is 0. The van der Waals surface area contributed by atoms with E-state index in [-0.39, 0.29) is 28.5 Å². The van der Waals surface area contributed by atoms with Crippen molar-refractivity contribution in [1.29, 1.82) is 0 Å². The van der Waals surface area contributed by atoms with Crippen LogP contribution >= 0.6 is 0 Å². The van der Waals surface area contributed by atoms with Crippen LogP contribution in [0.4, 0.5) is 0 Å². The zero-order valence-electron chi connectivity index (χ0n) is 1.62. The molecule has 0 aromatic heterocycles. The summed E-state index contributed by atoms with van der Waals surface area (Å²) in [5.74, 6) is 0. The normalized spacial score (nSPS) is 0.750. The van der Waals surface area contributed by atoms with Gasteiger partial charge in [-0.1, -0.05) is 0 Å². The molecule has 0 radical (unpaired) electrons. The molecule has 0 spiro atoms. The third-order valence-corrected chi connectivity index (χ3v) is 0. The monoisotopic (exact) mass is 88.0 g/mol. The van der Waals surface area contributed by atoms with Crippen molar-refractivity contribution in [2.45, 2.75) is 0 Å². The van der Waals surface area contributed by atoms with E-state index in [1.54, 1.807) is 0 Å². The van der Waals surface area contributed by atoms with Crippen molar-refractivity contribution in [3.8, 4) is 0 Å². The van der Waals surface area contributed by atoms with E-state index in [1.807, 2.05) is 0 Å². The topological polar surface area (TPSA) is 48.6 Å². The van der Waals surface area contributed by atoms with Gasteiger partial charge in [-0.3, -0.25) is 0 Å². The molecule has 4 heteroatoms. The molecular formula is H5AlMgO2. The Balaban J connectivity index is -0.00000000500. The van der Waals surface area contributed by atoms with E-state index >= 15 is 0 Å². The molecule has 0 aromatic rings. The van der Waals surface area contributed by atoms with Crippen LogP contribution in [-0.4, -0.2) is 44.8 Å². The van der Waals surface area contributed by atoms with Crippen molar-refractivity contribution in [2.24, 2.45) is 0 Å². The average molecular weight is 88.3 g/mol. The first-order valence-electron chi connectivity index (χ1n) is 0.289. The first-order chi connectivity index (χ1) is 1.00. The summed E-state index contributed by atoms with van der Waals surface area (Å²) in [5, 5.41) is 0. The molecular weight excluding hydrogens is 83.3 g/mol. The molecule has 0 aromatic carbocycles. The van der Waals surface area contributed by atoms with Crippen LogP contribution in [0, 0.1) is 0 Å². The van der Waals surface area contributed by atoms with E-state index < -0.39 is 0 Å². The van der Waals surface area contributed by atoms with Gasteiger partial charge in [-0.2, -0.15) is 0 Å². The van der Waals surface area contributed by atoms with E-state index in [1.165, 1.54) is 0 Å². The van der Waals surface area contributed by atoms with Crippen LogP contribution in [0.2, 0.25) is 0 Å². The van der Waals surface area contributed by atoms with Crippen LogP contribution in [-0.2, 0) is 3.80 Å². The minimum atomic E-state index is 0. The van der Waals surface area contributed by atoms with Crippen molar-refractivity contribution in [3.63, 3.8) is 0 Å². The Bertz CT molecular complexity index is 6.00. The molecule has 0 aliphatic rings. The summed E-state index contributed by atoms with van der Waals surface area (Å²) in [6, 6.07) is 0. The van der Waals surface area contributed by atoms with Gasteiger partial charge < -0.3 is 5.48 Å². The summed E-state index contributed by atoms with van der Waals surface area (Å²) >= 11 is 0.611. The third kappa shape index (κ3) is 11.6. The molecule has 0 amide bonds. The van der Waals surface area contributed by atoms with Crippen LogP contribution in [0.3, 0.4) is 0 Å². The SMILES string of the molecule is O.[MgH2].[O]=[AlH]. The second kappa shape index (κ2) is 33.9. The third-order valence-electron chi connectivity index (χ3n) is 0. The summed E-state index contributed by atoms with van der Waals surface area (Å²) in [5.41, 5.74) is 0. The van der Waals surface area contributed by atoms with Crippen molar-refractivity contribution < 1.29 is 9.28 Å². The molecule has 0 saturated carbocycles. The molecule has 0 aliphatic carbocycles. The van der Waals surface area contributed by atoms with Gasteiger partial charge in [-0.15, -0.1) is 0 Å². The molecule has 0 saturated heterocycles. The van der Waals surface area contributed by atoms with Gasteiger partial charge in [0.15, 0.2) is 0 Å². The fourth-order valence-electron chi connectivity index (χ4n) is 0. The summed E-state index contributed by atoms with van der Waals surface area (Å²) in [6.45, 7) is 0. The van der Waals surface area contributed by atoms with Gasteiger partial charge in [0.1, 0.15) is 0 Å². The maximum atomic E-state index is 8.28. The summed E-state index contributed by atoms with van der Waals surface area (Å²) < 4.78 is 8.28. The zero-order chi connectivity index (χ0) is 2.00. The Morgan fingerprint density at radius 3 is 1.25 bits per heavy atom. The Morgan fingerprint density at radius 1 is 1.25 bits per heavy atom. The first kappa shape index (κ1) is 19.7. The van der Waals surface area contributed by atoms with E-state index in [0.717, 1.165) is 0 Å². The van der Waals surface area contributed by atoms with Crippen molar-refractivity contribution in [3.05, 3.63) is 0 Å². The summed E-state index contributed by atoms with van der Waals surface area (Å²) in [6.07, 6.45) is 0. The Morgan fingerprint density at radius 2 is 1.25 bits per heavy atom. The molecule has 0 bridgehead atoms. The molecule has 22 valence electrons. The maximum absolute atomic E-state index is 8.28. The fraction of sp³-hybridized carbons (Fsp3) is 0. The Kier molecular flexibility index (Phi) is 167. The molecule has 0 heterocycles. The van der Waals surface area contributed by atoms with Crippen molar-refractivity contribution >= 4 is 39.3 Å². The zero-order valence-corrected chi connectivity index (χ0v) is 3.03. The Hall–Kier alpha value is 1.06. The number of hydrogen-bond acceptors (Lipinski definition) is 1. The van der Waals surface area contributed by atoms with E-state index in [9.17, 15) is 0 Å². The van der Waals surface area contributed by atoms with Gasteiger partial charge in [0.25, 0.3) is 0 Å². The van der Waals surface area contributed by atoms with Crippen LogP contribution in [0.1, 0.15) is 0 Å². The van der Waals surface area contributed by atoms with Gasteiger partial charge in [0.05, 0.1) is 0 Å². The number of rotatable bonds is 0. The van der Waals surface area contributed by atoms with Gasteiger partial charge >= 0.3 is 43.1 Å². The van der Waals surface area contributed by atoms with Crippen LogP contribution in [0.15, 0.2) is 0 Å². The predicted molar refractivity (Wildman–Crippen MR) is 20.0 cm³/mol. The van der Waals surface area contributed by atoms with E-state index in [4.69, 9.17) is 3.80 Å². The van der Waals surface area contributed by atoms with Gasteiger partial charge in [0, 0.05) is 0 Å². The van der Waals surface area contributed by atoms with Gasteiger partial charge in [-0.05, 0) is 0 Å². The summed E-state index contributed by atoms with van der Waals surface area (Å²) in [7, 11) is 0. The molecule has 0 aliphatic heterocycles. The van der Waals surface area contributed by atoms with Crippen LogP contribution < -0.4 is 0 Å². The standard InChI is InChI=1S/Al.Mg.H2O.O.3H/h;;1H2;;;;. The molecule has 0 unspecified atom stereocenters.